The number of halogens is 1. The zero-order valence-corrected chi connectivity index (χ0v) is 10.6. The molecule has 0 spiro atoms. The topological polar surface area (TPSA) is 42.9 Å². The Balaban J connectivity index is 2.41. The molecule has 1 aromatic carbocycles. The molecular formula is C15H9ClN2O. The summed E-state index contributed by atoms with van der Waals surface area (Å²) in [6.07, 6.45) is 4.15. The van der Waals surface area contributed by atoms with E-state index in [9.17, 15) is 4.79 Å². The minimum Gasteiger partial charge on any atom is -0.298 e. The minimum absolute atomic E-state index is 0.223. The van der Waals surface area contributed by atoms with Gasteiger partial charge in [-0.25, -0.2) is 4.98 Å². The molecule has 0 atom stereocenters. The monoisotopic (exact) mass is 268 g/mol. The van der Waals surface area contributed by atoms with Gasteiger partial charge in [-0.3, -0.25) is 9.78 Å². The molecule has 0 saturated carbocycles. The van der Waals surface area contributed by atoms with E-state index in [0.29, 0.717) is 5.56 Å². The van der Waals surface area contributed by atoms with Gasteiger partial charge in [-0.15, -0.1) is 0 Å². The number of hydrogen-bond acceptors (Lipinski definition) is 3. The molecule has 3 rings (SSSR count). The van der Waals surface area contributed by atoms with Crippen LogP contribution < -0.4 is 0 Å². The van der Waals surface area contributed by atoms with Gasteiger partial charge in [-0.1, -0.05) is 35.9 Å². The van der Waals surface area contributed by atoms with Crippen LogP contribution in [0.25, 0.3) is 22.0 Å². The molecule has 2 heterocycles. The number of carbonyl (C=O) groups excluding carboxylic acids is 1. The Morgan fingerprint density at radius 3 is 2.37 bits per heavy atom. The maximum Gasteiger partial charge on any atom is 0.153 e. The van der Waals surface area contributed by atoms with Crippen molar-refractivity contribution in [1.82, 2.24) is 9.97 Å². The molecule has 0 aliphatic carbocycles. The molecule has 0 fully saturated rings. The summed E-state index contributed by atoms with van der Waals surface area (Å²) in [4.78, 5) is 19.5. The maximum atomic E-state index is 11.2. The zero-order chi connectivity index (χ0) is 13.2. The van der Waals surface area contributed by atoms with Gasteiger partial charge in [0.2, 0.25) is 0 Å². The number of rotatable bonds is 2. The van der Waals surface area contributed by atoms with Gasteiger partial charge >= 0.3 is 0 Å². The third-order valence-electron chi connectivity index (χ3n) is 2.98. The van der Waals surface area contributed by atoms with Gasteiger partial charge in [-0.05, 0) is 17.5 Å². The fourth-order valence-electron chi connectivity index (χ4n) is 2.10. The fraction of sp³-hybridized carbons (Fsp3) is 0. The first kappa shape index (κ1) is 11.8. The van der Waals surface area contributed by atoms with Crippen molar-refractivity contribution in [3.8, 4) is 11.3 Å². The van der Waals surface area contributed by atoms with Crippen LogP contribution in [-0.2, 0) is 0 Å². The summed E-state index contributed by atoms with van der Waals surface area (Å²) in [5.41, 5.74) is 2.11. The summed E-state index contributed by atoms with van der Waals surface area (Å²) >= 11 is 6.10. The average molecular weight is 269 g/mol. The Morgan fingerprint density at radius 1 is 1.00 bits per heavy atom. The van der Waals surface area contributed by atoms with Gasteiger partial charge in [0.05, 0.1) is 11.3 Å². The molecule has 0 aliphatic heterocycles. The van der Waals surface area contributed by atoms with Gasteiger partial charge in [-0.2, -0.15) is 0 Å². The summed E-state index contributed by atoms with van der Waals surface area (Å²) < 4.78 is 0. The van der Waals surface area contributed by atoms with Gasteiger partial charge < -0.3 is 0 Å². The zero-order valence-electron chi connectivity index (χ0n) is 9.88. The predicted molar refractivity (Wildman–Crippen MR) is 75.4 cm³/mol. The number of aldehydes is 1. The van der Waals surface area contributed by atoms with Crippen LogP contribution in [0.15, 0.2) is 48.8 Å². The van der Waals surface area contributed by atoms with E-state index >= 15 is 0 Å². The van der Waals surface area contributed by atoms with Crippen LogP contribution >= 0.6 is 11.6 Å². The van der Waals surface area contributed by atoms with Crippen LogP contribution in [0.5, 0.6) is 0 Å². The van der Waals surface area contributed by atoms with Gasteiger partial charge in [0.1, 0.15) is 5.15 Å². The quantitative estimate of drug-likeness (QED) is 0.525. The maximum absolute atomic E-state index is 11.2. The highest BCUT2D eigenvalue weighted by atomic mass is 35.5. The molecule has 3 nitrogen and oxygen atoms in total. The van der Waals surface area contributed by atoms with E-state index in [2.05, 4.69) is 9.97 Å². The summed E-state index contributed by atoms with van der Waals surface area (Å²) in [5.74, 6) is 0. The molecule has 2 aromatic heterocycles. The lowest BCUT2D eigenvalue weighted by Gasteiger charge is -2.09. The standard InChI is InChI=1S/C15H9ClN2O/c16-15-13(9-19)11-3-1-2-4-12(11)14(18-15)10-5-7-17-8-6-10/h1-9H. The highest BCUT2D eigenvalue weighted by molar-refractivity contribution is 6.33. The lowest BCUT2D eigenvalue weighted by Crippen LogP contribution is -1.94. The van der Waals surface area contributed by atoms with E-state index in [-0.39, 0.29) is 5.15 Å². The molecular weight excluding hydrogens is 260 g/mol. The van der Waals surface area contributed by atoms with Crippen molar-refractivity contribution < 1.29 is 4.79 Å². The summed E-state index contributed by atoms with van der Waals surface area (Å²) in [7, 11) is 0. The van der Waals surface area contributed by atoms with Crippen LogP contribution in [0.2, 0.25) is 5.15 Å². The Morgan fingerprint density at radius 2 is 1.68 bits per heavy atom. The van der Waals surface area contributed by atoms with Crippen LogP contribution in [0, 0.1) is 0 Å². The van der Waals surface area contributed by atoms with E-state index < -0.39 is 0 Å². The second-order valence-corrected chi connectivity index (χ2v) is 4.42. The number of pyridine rings is 2. The lowest BCUT2D eigenvalue weighted by molar-refractivity contribution is 0.112. The molecule has 3 aromatic rings. The Kier molecular flexibility index (Phi) is 2.97. The molecule has 0 radical (unpaired) electrons. The summed E-state index contributed by atoms with van der Waals surface area (Å²) in [6, 6.07) is 11.3. The molecule has 0 saturated heterocycles. The van der Waals surface area contributed by atoms with Crippen molar-refractivity contribution in [2.75, 3.05) is 0 Å². The number of nitrogens with zero attached hydrogens (tertiary/aromatic N) is 2. The predicted octanol–water partition coefficient (Wildman–Crippen LogP) is 3.76. The highest BCUT2D eigenvalue weighted by Crippen LogP contribution is 2.31. The van der Waals surface area contributed by atoms with Gasteiger partial charge in [0.15, 0.2) is 6.29 Å². The van der Waals surface area contributed by atoms with E-state index in [1.165, 1.54) is 0 Å². The van der Waals surface area contributed by atoms with Crippen molar-refractivity contribution in [1.29, 1.82) is 0 Å². The van der Waals surface area contributed by atoms with Crippen LogP contribution in [0.1, 0.15) is 10.4 Å². The number of aromatic nitrogens is 2. The molecule has 4 heteroatoms. The molecule has 19 heavy (non-hydrogen) atoms. The van der Waals surface area contributed by atoms with Crippen molar-refractivity contribution in [2.45, 2.75) is 0 Å². The Bertz CT molecular complexity index is 757. The van der Waals surface area contributed by atoms with E-state index in [1.54, 1.807) is 12.4 Å². The smallest absolute Gasteiger partial charge is 0.153 e. The first-order valence-corrected chi connectivity index (χ1v) is 6.13. The Labute approximate surface area is 114 Å². The number of hydrogen-bond donors (Lipinski definition) is 0. The van der Waals surface area contributed by atoms with Crippen molar-refractivity contribution in [3.63, 3.8) is 0 Å². The van der Waals surface area contributed by atoms with Gasteiger partial charge in [0, 0.05) is 23.3 Å². The SMILES string of the molecule is O=Cc1c(Cl)nc(-c2ccncc2)c2ccccc12. The fourth-order valence-corrected chi connectivity index (χ4v) is 2.33. The first-order chi connectivity index (χ1) is 9.31. The van der Waals surface area contributed by atoms with Crippen molar-refractivity contribution in [2.24, 2.45) is 0 Å². The van der Waals surface area contributed by atoms with Crippen LogP contribution in [-0.4, -0.2) is 16.3 Å². The molecule has 92 valence electrons. The second-order valence-electron chi connectivity index (χ2n) is 4.06. The number of fused-ring (bicyclic) bond motifs is 1. The first-order valence-electron chi connectivity index (χ1n) is 5.75. The molecule has 0 aliphatic rings. The second kappa shape index (κ2) is 4.78. The van der Waals surface area contributed by atoms with Crippen LogP contribution in [0.4, 0.5) is 0 Å². The third-order valence-corrected chi connectivity index (χ3v) is 3.26. The molecule has 0 amide bonds. The van der Waals surface area contributed by atoms with E-state index in [0.717, 1.165) is 28.3 Å². The van der Waals surface area contributed by atoms with Gasteiger partial charge in [0.25, 0.3) is 0 Å². The number of benzene rings is 1. The Hall–Kier alpha value is -2.26. The van der Waals surface area contributed by atoms with Crippen molar-refractivity contribution in [3.05, 3.63) is 59.5 Å². The average Bonchev–Trinajstić information content (AvgIpc) is 2.47. The van der Waals surface area contributed by atoms with E-state index in [4.69, 9.17) is 11.6 Å². The minimum atomic E-state index is 0.223. The van der Waals surface area contributed by atoms with E-state index in [1.807, 2.05) is 36.4 Å². The summed E-state index contributed by atoms with van der Waals surface area (Å²) in [6.45, 7) is 0. The molecule has 0 unspecified atom stereocenters. The highest BCUT2D eigenvalue weighted by Gasteiger charge is 2.12. The molecule has 0 bridgehead atoms. The third kappa shape index (κ3) is 1.98. The molecule has 0 N–H and O–H groups in total. The largest absolute Gasteiger partial charge is 0.298 e. The summed E-state index contributed by atoms with van der Waals surface area (Å²) in [5, 5.41) is 1.94. The normalized spacial score (nSPS) is 10.6. The van der Waals surface area contributed by atoms with Crippen molar-refractivity contribution >= 4 is 28.7 Å². The number of carbonyl (C=O) groups is 1. The lowest BCUT2D eigenvalue weighted by atomic mass is 10.0. The van der Waals surface area contributed by atoms with Crippen LogP contribution in [0.3, 0.4) is 0 Å².